The lowest BCUT2D eigenvalue weighted by Gasteiger charge is -2.23. The van der Waals surface area contributed by atoms with Gasteiger partial charge in [-0.05, 0) is 53.1 Å². The number of anilines is 1. The molecule has 1 fully saturated rings. The van der Waals surface area contributed by atoms with Gasteiger partial charge in [0.2, 0.25) is 11.1 Å². The van der Waals surface area contributed by atoms with Crippen LogP contribution in [0.2, 0.25) is 0 Å². The second kappa shape index (κ2) is 9.75. The number of amides is 1. The van der Waals surface area contributed by atoms with E-state index in [1.54, 1.807) is 12.0 Å². The summed E-state index contributed by atoms with van der Waals surface area (Å²) in [5, 5.41) is 12.9. The van der Waals surface area contributed by atoms with Gasteiger partial charge >= 0.3 is 0 Å². The fourth-order valence-electron chi connectivity index (χ4n) is 3.71. The minimum atomic E-state index is 0.00925. The van der Waals surface area contributed by atoms with Crippen LogP contribution in [0.15, 0.2) is 59.8 Å². The van der Waals surface area contributed by atoms with Gasteiger partial charge in [0.05, 0.1) is 25.4 Å². The lowest BCUT2D eigenvalue weighted by Crippen LogP contribution is -2.32. The molecule has 7 nitrogen and oxygen atoms in total. The molecule has 2 aromatic carbocycles. The predicted molar refractivity (Wildman–Crippen MR) is 117 cm³/mol. The number of methoxy groups -OCH3 is 1. The lowest BCUT2D eigenvalue weighted by molar-refractivity contribution is -0.116. The average Bonchev–Trinajstić information content (AvgIpc) is 3.48. The lowest BCUT2D eigenvalue weighted by atomic mass is 10.2. The van der Waals surface area contributed by atoms with Crippen molar-refractivity contribution < 1.29 is 9.53 Å². The quantitative estimate of drug-likeness (QED) is 0.508. The molecule has 0 N–H and O–H groups in total. The van der Waals surface area contributed by atoms with Gasteiger partial charge in [0.1, 0.15) is 5.75 Å². The van der Waals surface area contributed by atoms with Gasteiger partial charge in [0.25, 0.3) is 0 Å². The van der Waals surface area contributed by atoms with Crippen molar-refractivity contribution in [1.29, 1.82) is 0 Å². The van der Waals surface area contributed by atoms with Crippen molar-refractivity contribution in [3.8, 4) is 5.75 Å². The normalized spacial score (nSPS) is 14.0. The van der Waals surface area contributed by atoms with Crippen LogP contribution in [-0.2, 0) is 11.3 Å². The molecule has 4 rings (SSSR count). The summed E-state index contributed by atoms with van der Waals surface area (Å²) in [6, 6.07) is 17.9. The molecule has 0 saturated heterocycles. The molecule has 1 amide bonds. The largest absolute Gasteiger partial charge is 0.497 e. The Morgan fingerprint density at radius 1 is 1.13 bits per heavy atom. The topological polar surface area (TPSA) is 73.1 Å². The second-order valence-corrected chi connectivity index (χ2v) is 8.24. The first-order valence-electron chi connectivity index (χ1n) is 10.1. The van der Waals surface area contributed by atoms with Crippen LogP contribution in [0.3, 0.4) is 0 Å². The molecular formula is C22H25N5O2S. The molecule has 0 aliphatic heterocycles. The third-order valence-electron chi connectivity index (χ3n) is 5.33. The van der Waals surface area contributed by atoms with E-state index in [2.05, 4.69) is 15.5 Å². The number of benzene rings is 2. The van der Waals surface area contributed by atoms with Crippen molar-refractivity contribution in [3.05, 3.63) is 60.2 Å². The summed E-state index contributed by atoms with van der Waals surface area (Å²) in [6.07, 6.45) is 4.60. The first-order chi connectivity index (χ1) is 14.7. The fourth-order valence-corrected chi connectivity index (χ4v) is 4.53. The molecule has 3 aromatic rings. The van der Waals surface area contributed by atoms with Crippen LogP contribution in [-0.4, -0.2) is 39.0 Å². The third kappa shape index (κ3) is 4.81. The number of thioether (sulfide) groups is 1. The van der Waals surface area contributed by atoms with Gasteiger partial charge < -0.3 is 9.64 Å². The highest BCUT2D eigenvalue weighted by molar-refractivity contribution is 7.99. The highest BCUT2D eigenvalue weighted by Gasteiger charge is 2.23. The van der Waals surface area contributed by atoms with Crippen LogP contribution in [0, 0.1) is 0 Å². The SMILES string of the molecule is COc1ccc(N(Cc2ccccc2)C(=O)CSc2nnnn2C2CCCC2)cc1. The Labute approximate surface area is 180 Å². The molecule has 0 spiro atoms. The van der Waals surface area contributed by atoms with Gasteiger partial charge in [0, 0.05) is 5.69 Å². The van der Waals surface area contributed by atoms with E-state index in [-0.39, 0.29) is 11.7 Å². The number of nitrogens with zero attached hydrogens (tertiary/aromatic N) is 5. The Kier molecular flexibility index (Phi) is 6.63. The first kappa shape index (κ1) is 20.4. The van der Waals surface area contributed by atoms with E-state index in [0.717, 1.165) is 29.8 Å². The molecule has 156 valence electrons. The van der Waals surface area contributed by atoms with E-state index in [0.29, 0.717) is 17.7 Å². The van der Waals surface area contributed by atoms with Gasteiger partial charge in [-0.1, -0.05) is 54.9 Å². The van der Waals surface area contributed by atoms with Crippen LogP contribution < -0.4 is 9.64 Å². The van der Waals surface area contributed by atoms with Crippen LogP contribution >= 0.6 is 11.8 Å². The molecular weight excluding hydrogens is 398 g/mol. The number of rotatable bonds is 8. The number of carbonyl (C=O) groups is 1. The molecule has 1 aromatic heterocycles. The maximum atomic E-state index is 13.2. The van der Waals surface area contributed by atoms with Gasteiger partial charge in [-0.2, -0.15) is 0 Å². The molecule has 8 heteroatoms. The number of hydrogen-bond acceptors (Lipinski definition) is 6. The predicted octanol–water partition coefficient (Wildman–Crippen LogP) is 4.12. The zero-order chi connectivity index (χ0) is 20.8. The smallest absolute Gasteiger partial charge is 0.237 e. The summed E-state index contributed by atoms with van der Waals surface area (Å²) in [5.74, 6) is 1.04. The Bertz CT molecular complexity index is 955. The molecule has 0 atom stereocenters. The Hall–Kier alpha value is -2.87. The zero-order valence-corrected chi connectivity index (χ0v) is 17.8. The number of carbonyl (C=O) groups excluding carboxylic acids is 1. The van der Waals surface area contributed by atoms with Crippen molar-refractivity contribution in [2.75, 3.05) is 17.8 Å². The molecule has 1 heterocycles. The van der Waals surface area contributed by atoms with Crippen LogP contribution in [0.25, 0.3) is 0 Å². The summed E-state index contributed by atoms with van der Waals surface area (Å²) in [4.78, 5) is 15.0. The van der Waals surface area contributed by atoms with Crippen molar-refractivity contribution in [2.24, 2.45) is 0 Å². The molecule has 1 aliphatic carbocycles. The maximum absolute atomic E-state index is 13.2. The Morgan fingerprint density at radius 3 is 2.57 bits per heavy atom. The van der Waals surface area contributed by atoms with E-state index in [1.807, 2.05) is 59.3 Å². The standard InChI is InChI=1S/C22H25N5O2S/c1-29-20-13-11-18(12-14-20)26(15-17-7-3-2-4-8-17)21(28)16-30-22-23-24-25-27(22)19-9-5-6-10-19/h2-4,7-8,11-14,19H,5-6,9-10,15-16H2,1H3. The molecule has 0 bridgehead atoms. The van der Waals surface area contributed by atoms with Crippen molar-refractivity contribution >= 4 is 23.4 Å². The summed E-state index contributed by atoms with van der Waals surface area (Å²) in [6.45, 7) is 0.500. The summed E-state index contributed by atoms with van der Waals surface area (Å²) in [7, 11) is 1.63. The van der Waals surface area contributed by atoms with Crippen LogP contribution in [0.5, 0.6) is 5.75 Å². The molecule has 1 saturated carbocycles. The van der Waals surface area contributed by atoms with Crippen molar-refractivity contribution in [3.63, 3.8) is 0 Å². The minimum Gasteiger partial charge on any atom is -0.497 e. The van der Waals surface area contributed by atoms with E-state index in [1.165, 1.54) is 24.6 Å². The van der Waals surface area contributed by atoms with Gasteiger partial charge in [-0.25, -0.2) is 4.68 Å². The highest BCUT2D eigenvalue weighted by atomic mass is 32.2. The number of aromatic nitrogens is 4. The number of hydrogen-bond donors (Lipinski definition) is 0. The van der Waals surface area contributed by atoms with E-state index in [9.17, 15) is 4.79 Å². The second-order valence-electron chi connectivity index (χ2n) is 7.30. The van der Waals surface area contributed by atoms with Crippen LogP contribution in [0.4, 0.5) is 5.69 Å². The van der Waals surface area contributed by atoms with E-state index >= 15 is 0 Å². The van der Waals surface area contributed by atoms with Crippen LogP contribution in [0.1, 0.15) is 37.3 Å². The summed E-state index contributed by atoms with van der Waals surface area (Å²) < 4.78 is 7.14. The number of tetrazole rings is 1. The third-order valence-corrected chi connectivity index (χ3v) is 6.24. The first-order valence-corrected chi connectivity index (χ1v) is 11.1. The zero-order valence-electron chi connectivity index (χ0n) is 17.0. The van der Waals surface area contributed by atoms with Crippen molar-refractivity contribution in [1.82, 2.24) is 20.2 Å². The molecule has 0 radical (unpaired) electrons. The summed E-state index contributed by atoms with van der Waals surface area (Å²) in [5.41, 5.74) is 1.91. The Balaban J connectivity index is 1.49. The fraction of sp³-hybridized carbons (Fsp3) is 0.364. The monoisotopic (exact) mass is 423 g/mol. The minimum absolute atomic E-state index is 0.00925. The number of ether oxygens (including phenoxy) is 1. The maximum Gasteiger partial charge on any atom is 0.237 e. The van der Waals surface area contributed by atoms with E-state index < -0.39 is 0 Å². The highest BCUT2D eigenvalue weighted by Crippen LogP contribution is 2.31. The molecule has 1 aliphatic rings. The average molecular weight is 424 g/mol. The van der Waals surface area contributed by atoms with Gasteiger partial charge in [0.15, 0.2) is 0 Å². The molecule has 30 heavy (non-hydrogen) atoms. The van der Waals surface area contributed by atoms with Gasteiger partial charge in [-0.3, -0.25) is 4.79 Å². The summed E-state index contributed by atoms with van der Waals surface area (Å²) >= 11 is 1.40. The molecule has 0 unspecified atom stereocenters. The van der Waals surface area contributed by atoms with Crippen molar-refractivity contribution in [2.45, 2.75) is 43.4 Å². The van der Waals surface area contributed by atoms with Gasteiger partial charge in [-0.15, -0.1) is 5.10 Å². The Morgan fingerprint density at radius 2 is 1.87 bits per heavy atom. The van der Waals surface area contributed by atoms with E-state index in [4.69, 9.17) is 4.74 Å².